The van der Waals surface area contributed by atoms with E-state index in [0.717, 1.165) is 44.5 Å². The van der Waals surface area contributed by atoms with Crippen molar-refractivity contribution in [1.82, 2.24) is 19.5 Å². The molecule has 0 fully saturated rings. The molecule has 0 N–H and O–H groups in total. The summed E-state index contributed by atoms with van der Waals surface area (Å²) in [7, 11) is 0. The molecule has 4 nitrogen and oxygen atoms in total. The molecule has 0 atom stereocenters. The van der Waals surface area contributed by atoms with Gasteiger partial charge in [0.2, 0.25) is 0 Å². The van der Waals surface area contributed by atoms with Gasteiger partial charge in [0.05, 0.1) is 0 Å². The summed E-state index contributed by atoms with van der Waals surface area (Å²) in [6, 6.07) is 94.4. The zero-order chi connectivity index (χ0) is 46.2. The van der Waals surface area contributed by atoms with Gasteiger partial charge in [-0.1, -0.05) is 36.4 Å². The van der Waals surface area contributed by atoms with Gasteiger partial charge in [-0.05, 0) is 18.1 Å². The first-order valence-electron chi connectivity index (χ1n) is 23.5. The third-order valence-electron chi connectivity index (χ3n) is 13.6. The second-order valence-corrected chi connectivity index (χ2v) is 25.6. The van der Waals surface area contributed by atoms with Crippen molar-refractivity contribution in [3.8, 4) is 62.1 Å². The molecule has 0 aliphatic heterocycles. The SMILES string of the molecule is Cc1ccccc1-c1ccc2c(c1)c1ccccc1n2-c1ccc(-c2ccc[c]([Ge]([c]3ccccc3)([c]3ccccc3)[c]3ccccc3)c2)cc1-c1nc(-c2ccccc2)nc(-c2ccccc2)n1. The number of fused-ring (bicyclic) bond motifs is 3. The van der Waals surface area contributed by atoms with Crippen LogP contribution in [0.4, 0.5) is 0 Å². The van der Waals surface area contributed by atoms with Gasteiger partial charge in [-0.2, -0.15) is 0 Å². The summed E-state index contributed by atoms with van der Waals surface area (Å²) < 4.78 is 7.90. The fourth-order valence-electron chi connectivity index (χ4n) is 10.3. The molecule has 326 valence electrons. The quantitative estimate of drug-likeness (QED) is 0.128. The minimum absolute atomic E-state index is 0.600. The Morgan fingerprint density at radius 2 is 0.768 bits per heavy atom. The van der Waals surface area contributed by atoms with Crippen LogP contribution in [0.15, 0.2) is 261 Å². The molecule has 0 bridgehead atoms. The summed E-state index contributed by atoms with van der Waals surface area (Å²) in [4.78, 5) is 15.9. The molecule has 10 aromatic carbocycles. The molecule has 0 spiro atoms. The third kappa shape index (κ3) is 7.56. The molecule has 12 rings (SSSR count). The van der Waals surface area contributed by atoms with E-state index in [1.165, 1.54) is 45.0 Å². The Bertz CT molecular complexity index is 3620. The molecule has 0 aliphatic carbocycles. The Hall–Kier alpha value is -8.45. The number of rotatable bonds is 10. The van der Waals surface area contributed by atoms with E-state index in [2.05, 4.69) is 236 Å². The molecule has 12 aromatic rings. The number of aryl methyl sites for hydroxylation is 1. The Labute approximate surface area is 405 Å². The van der Waals surface area contributed by atoms with Crippen LogP contribution in [-0.4, -0.2) is 32.8 Å². The molecule has 0 saturated carbocycles. The molecule has 0 unspecified atom stereocenters. The second-order valence-electron chi connectivity index (χ2n) is 17.6. The maximum atomic E-state index is 5.38. The number of benzene rings is 10. The van der Waals surface area contributed by atoms with Crippen molar-refractivity contribution in [2.45, 2.75) is 6.92 Å². The summed E-state index contributed by atoms with van der Waals surface area (Å²) in [6.07, 6.45) is 0. The van der Waals surface area contributed by atoms with Crippen LogP contribution in [0.25, 0.3) is 83.9 Å². The molecule has 0 saturated heterocycles. The number of hydrogen-bond acceptors (Lipinski definition) is 3. The Balaban J connectivity index is 1.13. The maximum absolute atomic E-state index is 5.38. The van der Waals surface area contributed by atoms with Crippen molar-refractivity contribution in [2.24, 2.45) is 0 Å². The van der Waals surface area contributed by atoms with E-state index in [0.29, 0.717) is 17.5 Å². The number of nitrogens with zero attached hydrogens (tertiary/aromatic N) is 4. The van der Waals surface area contributed by atoms with Crippen LogP contribution in [0.2, 0.25) is 0 Å². The van der Waals surface area contributed by atoms with Crippen LogP contribution in [0, 0.1) is 6.92 Å². The van der Waals surface area contributed by atoms with Gasteiger partial charge in [0.1, 0.15) is 0 Å². The van der Waals surface area contributed by atoms with E-state index in [-0.39, 0.29) is 0 Å². The van der Waals surface area contributed by atoms with E-state index in [4.69, 9.17) is 15.0 Å². The van der Waals surface area contributed by atoms with Crippen molar-refractivity contribution < 1.29 is 0 Å². The summed E-state index contributed by atoms with van der Waals surface area (Å²) >= 11 is -3.59. The number of para-hydroxylation sites is 1. The van der Waals surface area contributed by atoms with Gasteiger partial charge in [-0.15, -0.1) is 0 Å². The first kappa shape index (κ1) is 41.9. The summed E-state index contributed by atoms with van der Waals surface area (Å²) in [5.41, 5.74) is 11.8. The number of hydrogen-bond donors (Lipinski definition) is 0. The van der Waals surface area contributed by atoms with Gasteiger partial charge in [0, 0.05) is 0 Å². The molecule has 5 heteroatoms. The van der Waals surface area contributed by atoms with Crippen molar-refractivity contribution in [3.63, 3.8) is 0 Å². The van der Waals surface area contributed by atoms with Gasteiger partial charge in [-0.3, -0.25) is 0 Å². The Morgan fingerprint density at radius 1 is 0.304 bits per heavy atom. The monoisotopic (exact) mass is 944 g/mol. The summed E-state index contributed by atoms with van der Waals surface area (Å²) in [6.45, 7) is 2.18. The second kappa shape index (κ2) is 18.0. The summed E-state index contributed by atoms with van der Waals surface area (Å²) in [5, 5.41) is 2.37. The molecular formula is C64H46GeN4. The molecule has 0 amide bonds. The average molecular weight is 944 g/mol. The predicted octanol–water partition coefficient (Wildman–Crippen LogP) is 13.0. The molecule has 2 heterocycles. The predicted molar refractivity (Wildman–Crippen MR) is 290 cm³/mol. The zero-order valence-corrected chi connectivity index (χ0v) is 40.2. The van der Waals surface area contributed by atoms with E-state index >= 15 is 0 Å². The van der Waals surface area contributed by atoms with Crippen LogP contribution in [-0.2, 0) is 0 Å². The standard InChI is InChI=1S/C64H46GeN4/c1-45-22-17-18-35-55(45)50-39-41-60-57(44-50)56-36-19-20-37-59(56)69(60)61-40-38-49(43-58(61)64-67-62(46-23-7-2-8-24-46)66-63(68-64)47-25-9-3-10-26-47)48-27-21-34-54(42-48)65(51-28-11-4-12-29-51,52-30-13-5-14-31-52)53-32-15-6-16-33-53/h2-44H,1H3. The molecule has 0 aliphatic rings. The van der Waals surface area contributed by atoms with Crippen molar-refractivity contribution in [1.29, 1.82) is 0 Å². The van der Waals surface area contributed by atoms with E-state index in [9.17, 15) is 0 Å². The van der Waals surface area contributed by atoms with Gasteiger partial charge in [-0.25, -0.2) is 0 Å². The van der Waals surface area contributed by atoms with Crippen molar-refractivity contribution in [3.05, 3.63) is 266 Å². The van der Waals surface area contributed by atoms with Gasteiger partial charge in [0.25, 0.3) is 0 Å². The zero-order valence-electron chi connectivity index (χ0n) is 38.1. The van der Waals surface area contributed by atoms with Crippen LogP contribution < -0.4 is 17.6 Å². The molecule has 0 radical (unpaired) electrons. The van der Waals surface area contributed by atoms with Gasteiger partial charge >= 0.3 is 353 Å². The van der Waals surface area contributed by atoms with E-state index in [1.54, 1.807) is 0 Å². The van der Waals surface area contributed by atoms with Crippen molar-refractivity contribution in [2.75, 3.05) is 0 Å². The summed E-state index contributed by atoms with van der Waals surface area (Å²) in [5.74, 6) is 1.84. The van der Waals surface area contributed by atoms with Crippen LogP contribution >= 0.6 is 0 Å². The number of aromatic nitrogens is 4. The van der Waals surface area contributed by atoms with Crippen LogP contribution in [0.1, 0.15) is 5.56 Å². The average Bonchev–Trinajstić information content (AvgIpc) is 3.76. The fraction of sp³-hybridized carbons (Fsp3) is 0.0156. The first-order valence-corrected chi connectivity index (χ1v) is 27.7. The van der Waals surface area contributed by atoms with Gasteiger partial charge < -0.3 is 0 Å². The van der Waals surface area contributed by atoms with Crippen LogP contribution in [0.3, 0.4) is 0 Å². The van der Waals surface area contributed by atoms with Crippen molar-refractivity contribution >= 4 is 52.7 Å². The first-order chi connectivity index (χ1) is 34.1. The minimum atomic E-state index is -3.59. The van der Waals surface area contributed by atoms with E-state index < -0.39 is 13.3 Å². The Morgan fingerprint density at radius 3 is 1.38 bits per heavy atom. The molecule has 69 heavy (non-hydrogen) atoms. The van der Waals surface area contributed by atoms with Crippen LogP contribution in [0.5, 0.6) is 0 Å². The van der Waals surface area contributed by atoms with Gasteiger partial charge in [0.15, 0.2) is 0 Å². The molecule has 2 aromatic heterocycles. The topological polar surface area (TPSA) is 43.6 Å². The Kier molecular flexibility index (Phi) is 10.9. The fourth-order valence-corrected chi connectivity index (χ4v) is 20.4. The molecular weight excluding hydrogens is 897 g/mol. The van der Waals surface area contributed by atoms with E-state index in [1.807, 2.05) is 36.4 Å². The third-order valence-corrected chi connectivity index (χ3v) is 23.6. The normalized spacial score (nSPS) is 11.6.